The fraction of sp³-hybridized carbons (Fsp3) is 0.0625. The summed E-state index contributed by atoms with van der Waals surface area (Å²) in [5.74, 6) is 1.83. The summed E-state index contributed by atoms with van der Waals surface area (Å²) < 4.78 is 10.6. The Kier molecular flexibility index (Phi) is 3.13. The molecule has 0 atom stereocenters. The molecule has 100 valence electrons. The molecule has 2 aromatic carbocycles. The molecule has 0 unspecified atom stereocenters. The topological polar surface area (TPSA) is 61.3 Å². The normalized spacial score (nSPS) is 10.4. The van der Waals surface area contributed by atoms with Gasteiger partial charge in [0.25, 0.3) is 0 Å². The van der Waals surface area contributed by atoms with Crippen molar-refractivity contribution in [2.75, 3.05) is 12.8 Å². The molecular weight excluding hydrogens is 252 g/mol. The van der Waals surface area contributed by atoms with E-state index in [1.54, 1.807) is 13.2 Å². The minimum Gasteiger partial charge on any atom is -0.496 e. The van der Waals surface area contributed by atoms with Gasteiger partial charge >= 0.3 is 0 Å². The Morgan fingerprint density at radius 1 is 1.00 bits per heavy atom. The lowest BCUT2D eigenvalue weighted by molar-refractivity contribution is 0.416. The van der Waals surface area contributed by atoms with E-state index >= 15 is 0 Å². The van der Waals surface area contributed by atoms with E-state index in [1.807, 2.05) is 48.5 Å². The molecule has 0 radical (unpaired) electrons. The number of nitrogens with two attached hydrogens (primary N) is 1. The van der Waals surface area contributed by atoms with Gasteiger partial charge in [-0.05, 0) is 23.8 Å². The summed E-state index contributed by atoms with van der Waals surface area (Å²) >= 11 is 0. The molecule has 4 nitrogen and oxygen atoms in total. The molecule has 3 rings (SSSR count). The number of nitrogen functional groups attached to an aromatic ring is 1. The summed E-state index contributed by atoms with van der Waals surface area (Å²) in [6.45, 7) is 0. The van der Waals surface area contributed by atoms with Crippen LogP contribution in [-0.4, -0.2) is 12.3 Å². The van der Waals surface area contributed by atoms with Crippen molar-refractivity contribution in [3.8, 4) is 28.2 Å². The second kappa shape index (κ2) is 5.09. The number of nitrogens with zero attached hydrogens (tertiary/aromatic N) is 1. The summed E-state index contributed by atoms with van der Waals surface area (Å²) in [7, 11) is 1.66. The van der Waals surface area contributed by atoms with E-state index in [1.165, 1.54) is 0 Å². The Bertz CT molecular complexity index is 720. The fourth-order valence-corrected chi connectivity index (χ4v) is 2.13. The van der Waals surface area contributed by atoms with Crippen LogP contribution in [0, 0.1) is 0 Å². The predicted molar refractivity (Wildman–Crippen MR) is 78.3 cm³/mol. The number of rotatable bonds is 3. The molecule has 0 aliphatic carbocycles. The van der Waals surface area contributed by atoms with Crippen LogP contribution in [0.15, 0.2) is 59.1 Å². The highest BCUT2D eigenvalue weighted by atomic mass is 16.5. The summed E-state index contributed by atoms with van der Waals surface area (Å²) in [5.41, 5.74) is 8.59. The summed E-state index contributed by atoms with van der Waals surface area (Å²) in [6.07, 6.45) is 0. The summed E-state index contributed by atoms with van der Waals surface area (Å²) in [5, 5.41) is 3.71. The quantitative estimate of drug-likeness (QED) is 0.786. The molecule has 4 heteroatoms. The average Bonchev–Trinajstić information content (AvgIpc) is 2.94. The smallest absolute Gasteiger partial charge is 0.169 e. The number of ether oxygens (including phenoxy) is 1. The average molecular weight is 266 g/mol. The van der Waals surface area contributed by atoms with Gasteiger partial charge in [0.15, 0.2) is 11.6 Å². The van der Waals surface area contributed by atoms with Gasteiger partial charge in [-0.1, -0.05) is 35.5 Å². The molecule has 0 spiro atoms. The van der Waals surface area contributed by atoms with Crippen LogP contribution < -0.4 is 10.5 Å². The van der Waals surface area contributed by atoms with Crippen molar-refractivity contribution in [2.24, 2.45) is 0 Å². The SMILES string of the molecule is COc1ccc(-c2cc(N)no2)cc1-c1ccccc1. The first kappa shape index (κ1) is 12.3. The van der Waals surface area contributed by atoms with Gasteiger partial charge in [0.05, 0.1) is 7.11 Å². The molecule has 0 bridgehead atoms. The Morgan fingerprint density at radius 2 is 1.80 bits per heavy atom. The largest absolute Gasteiger partial charge is 0.496 e. The molecular formula is C16H14N2O2. The second-order valence-electron chi connectivity index (χ2n) is 4.40. The Balaban J connectivity index is 2.12. The Labute approximate surface area is 116 Å². The zero-order chi connectivity index (χ0) is 13.9. The van der Waals surface area contributed by atoms with E-state index in [2.05, 4.69) is 5.16 Å². The lowest BCUT2D eigenvalue weighted by Gasteiger charge is -2.10. The van der Waals surface area contributed by atoms with Crippen LogP contribution in [0.3, 0.4) is 0 Å². The van der Waals surface area contributed by atoms with Gasteiger partial charge in [0.1, 0.15) is 5.75 Å². The van der Waals surface area contributed by atoms with E-state index in [0.717, 1.165) is 22.4 Å². The number of aromatic nitrogens is 1. The first-order valence-electron chi connectivity index (χ1n) is 6.24. The maximum absolute atomic E-state index is 5.59. The molecule has 1 aromatic heterocycles. The van der Waals surface area contributed by atoms with Crippen molar-refractivity contribution in [1.82, 2.24) is 5.16 Å². The van der Waals surface area contributed by atoms with Crippen molar-refractivity contribution in [2.45, 2.75) is 0 Å². The zero-order valence-electron chi connectivity index (χ0n) is 11.0. The van der Waals surface area contributed by atoms with E-state index in [-0.39, 0.29) is 0 Å². The Hall–Kier alpha value is -2.75. The van der Waals surface area contributed by atoms with E-state index in [9.17, 15) is 0 Å². The first-order chi connectivity index (χ1) is 9.78. The van der Waals surface area contributed by atoms with Crippen LogP contribution in [0.25, 0.3) is 22.5 Å². The lowest BCUT2D eigenvalue weighted by Crippen LogP contribution is -1.88. The molecule has 0 saturated carbocycles. The number of anilines is 1. The summed E-state index contributed by atoms with van der Waals surface area (Å²) in [6, 6.07) is 17.6. The molecule has 0 aliphatic heterocycles. The van der Waals surface area contributed by atoms with Crippen LogP contribution in [0.4, 0.5) is 5.82 Å². The summed E-state index contributed by atoms with van der Waals surface area (Å²) in [4.78, 5) is 0. The lowest BCUT2D eigenvalue weighted by atomic mass is 10.0. The third-order valence-electron chi connectivity index (χ3n) is 3.10. The van der Waals surface area contributed by atoms with Crippen LogP contribution in [-0.2, 0) is 0 Å². The van der Waals surface area contributed by atoms with Crippen LogP contribution >= 0.6 is 0 Å². The highest BCUT2D eigenvalue weighted by Gasteiger charge is 2.10. The minimum atomic E-state index is 0.372. The van der Waals surface area contributed by atoms with Gasteiger partial charge in [0, 0.05) is 17.2 Å². The van der Waals surface area contributed by atoms with Gasteiger partial charge in [-0.15, -0.1) is 0 Å². The van der Waals surface area contributed by atoms with E-state index in [0.29, 0.717) is 11.6 Å². The minimum absolute atomic E-state index is 0.372. The number of benzene rings is 2. The van der Waals surface area contributed by atoms with Crippen LogP contribution in [0.5, 0.6) is 5.75 Å². The molecule has 2 N–H and O–H groups in total. The zero-order valence-corrected chi connectivity index (χ0v) is 11.0. The molecule has 3 aromatic rings. The van der Waals surface area contributed by atoms with Gasteiger partial charge in [-0.25, -0.2) is 0 Å². The van der Waals surface area contributed by atoms with Crippen molar-refractivity contribution >= 4 is 5.82 Å². The molecule has 1 heterocycles. The first-order valence-corrected chi connectivity index (χ1v) is 6.24. The van der Waals surface area contributed by atoms with Crippen LogP contribution in [0.2, 0.25) is 0 Å². The van der Waals surface area contributed by atoms with Crippen molar-refractivity contribution in [3.63, 3.8) is 0 Å². The van der Waals surface area contributed by atoms with Crippen molar-refractivity contribution < 1.29 is 9.26 Å². The van der Waals surface area contributed by atoms with E-state index in [4.69, 9.17) is 15.0 Å². The number of hydrogen-bond donors (Lipinski definition) is 1. The van der Waals surface area contributed by atoms with Crippen LogP contribution in [0.1, 0.15) is 0 Å². The fourth-order valence-electron chi connectivity index (χ4n) is 2.13. The Morgan fingerprint density at radius 3 is 2.45 bits per heavy atom. The highest BCUT2D eigenvalue weighted by molar-refractivity contribution is 5.76. The maximum Gasteiger partial charge on any atom is 0.169 e. The third-order valence-corrected chi connectivity index (χ3v) is 3.10. The second-order valence-corrected chi connectivity index (χ2v) is 4.40. The molecule has 0 fully saturated rings. The maximum atomic E-state index is 5.59. The molecule has 0 aliphatic rings. The van der Waals surface area contributed by atoms with E-state index < -0.39 is 0 Å². The molecule has 20 heavy (non-hydrogen) atoms. The van der Waals surface area contributed by atoms with Gasteiger partial charge in [-0.2, -0.15) is 0 Å². The van der Waals surface area contributed by atoms with Gasteiger partial charge in [-0.3, -0.25) is 0 Å². The number of hydrogen-bond acceptors (Lipinski definition) is 4. The van der Waals surface area contributed by atoms with Gasteiger partial charge in [0.2, 0.25) is 0 Å². The standard InChI is InChI=1S/C16H14N2O2/c1-19-14-8-7-12(15-10-16(17)18-20-15)9-13(14)11-5-3-2-4-6-11/h2-10H,1H3,(H2,17,18). The van der Waals surface area contributed by atoms with Crippen molar-refractivity contribution in [1.29, 1.82) is 0 Å². The monoisotopic (exact) mass is 266 g/mol. The predicted octanol–water partition coefficient (Wildman–Crippen LogP) is 3.60. The van der Waals surface area contributed by atoms with Gasteiger partial charge < -0.3 is 15.0 Å². The van der Waals surface area contributed by atoms with Crippen molar-refractivity contribution in [3.05, 3.63) is 54.6 Å². The number of methoxy groups -OCH3 is 1. The third kappa shape index (κ3) is 2.23. The highest BCUT2D eigenvalue weighted by Crippen LogP contribution is 2.34. The molecule has 0 saturated heterocycles. The molecule has 0 amide bonds.